The minimum absolute atomic E-state index is 0.336. The maximum Gasteiger partial charge on any atom is 0.135 e. The number of hydrogen-bond donors (Lipinski definition) is 2. The summed E-state index contributed by atoms with van der Waals surface area (Å²) in [4.78, 5) is 11.6. The molecule has 1 aromatic heterocycles. The molecule has 1 unspecified atom stereocenters. The van der Waals surface area contributed by atoms with Gasteiger partial charge in [0.05, 0.1) is 0 Å². The van der Waals surface area contributed by atoms with Crippen LogP contribution in [0, 0.1) is 0 Å². The third-order valence-electron chi connectivity index (χ3n) is 3.94. The fourth-order valence-corrected chi connectivity index (χ4v) is 2.71. The van der Waals surface area contributed by atoms with E-state index in [9.17, 15) is 0 Å². The number of anilines is 2. The van der Waals surface area contributed by atoms with Gasteiger partial charge in [0, 0.05) is 31.6 Å². The summed E-state index contributed by atoms with van der Waals surface area (Å²) in [7, 11) is 1.89. The Morgan fingerprint density at radius 2 is 2.10 bits per heavy atom. The molecule has 0 aromatic carbocycles. The Balaban J connectivity index is 2.03. The van der Waals surface area contributed by atoms with Crippen LogP contribution < -0.4 is 10.6 Å². The van der Waals surface area contributed by atoms with E-state index in [1.807, 2.05) is 13.1 Å². The first-order chi connectivity index (χ1) is 9.63. The molecule has 0 aliphatic carbocycles. The number of likely N-dealkylation sites (N-methyl/N-ethyl adjacent to an activating group) is 1. The first-order valence-corrected chi connectivity index (χ1v) is 7.68. The fraction of sp³-hybridized carbons (Fsp3) is 0.733. The normalized spacial score (nSPS) is 19.6. The van der Waals surface area contributed by atoms with E-state index in [1.54, 1.807) is 0 Å². The summed E-state index contributed by atoms with van der Waals surface area (Å²) >= 11 is 0. The Labute approximate surface area is 122 Å². The summed E-state index contributed by atoms with van der Waals surface area (Å²) in [5.74, 6) is 3.03. The molecule has 0 bridgehead atoms. The topological polar surface area (TPSA) is 53.1 Å². The highest BCUT2D eigenvalue weighted by molar-refractivity contribution is 5.47. The minimum atomic E-state index is 0.336. The summed E-state index contributed by atoms with van der Waals surface area (Å²) < 4.78 is 0. The van der Waals surface area contributed by atoms with E-state index in [2.05, 4.69) is 46.3 Å². The first-order valence-electron chi connectivity index (χ1n) is 7.68. The second-order valence-corrected chi connectivity index (χ2v) is 5.71. The Morgan fingerprint density at radius 1 is 1.35 bits per heavy atom. The van der Waals surface area contributed by atoms with Gasteiger partial charge in [0.15, 0.2) is 0 Å². The van der Waals surface area contributed by atoms with E-state index in [4.69, 9.17) is 0 Å². The van der Waals surface area contributed by atoms with Gasteiger partial charge in [-0.25, -0.2) is 9.97 Å². The van der Waals surface area contributed by atoms with Crippen molar-refractivity contribution in [2.75, 3.05) is 37.3 Å². The Kier molecular flexibility index (Phi) is 5.17. The molecule has 20 heavy (non-hydrogen) atoms. The third kappa shape index (κ3) is 3.60. The lowest BCUT2D eigenvalue weighted by molar-refractivity contribution is 0.277. The van der Waals surface area contributed by atoms with Crippen molar-refractivity contribution < 1.29 is 0 Å². The second-order valence-electron chi connectivity index (χ2n) is 5.71. The number of nitrogens with zero attached hydrogens (tertiary/aromatic N) is 3. The maximum absolute atomic E-state index is 4.61. The molecule has 0 amide bonds. The largest absolute Gasteiger partial charge is 0.373 e. The highest BCUT2D eigenvalue weighted by atomic mass is 15.2. The van der Waals surface area contributed by atoms with Crippen LogP contribution in [0.3, 0.4) is 0 Å². The van der Waals surface area contributed by atoms with Crippen LogP contribution in [0.5, 0.6) is 0 Å². The molecule has 1 atom stereocenters. The van der Waals surface area contributed by atoms with E-state index in [0.717, 1.165) is 30.5 Å². The molecule has 2 heterocycles. The van der Waals surface area contributed by atoms with Crippen LogP contribution in [0.4, 0.5) is 11.6 Å². The summed E-state index contributed by atoms with van der Waals surface area (Å²) in [6, 6.07) is 2.62. The minimum Gasteiger partial charge on any atom is -0.373 e. The zero-order chi connectivity index (χ0) is 14.5. The molecule has 5 nitrogen and oxygen atoms in total. The lowest BCUT2D eigenvalue weighted by atomic mass is 10.2. The average Bonchev–Trinajstić information content (AvgIpc) is 2.92. The van der Waals surface area contributed by atoms with Crippen molar-refractivity contribution in [1.82, 2.24) is 14.9 Å². The van der Waals surface area contributed by atoms with Gasteiger partial charge < -0.3 is 10.6 Å². The van der Waals surface area contributed by atoms with E-state index in [1.165, 1.54) is 19.4 Å². The van der Waals surface area contributed by atoms with Gasteiger partial charge in [-0.2, -0.15) is 0 Å². The van der Waals surface area contributed by atoms with Gasteiger partial charge >= 0.3 is 0 Å². The second kappa shape index (κ2) is 6.88. The molecular formula is C15H27N5. The Bertz CT molecular complexity index is 432. The molecule has 0 radical (unpaired) electrons. The zero-order valence-corrected chi connectivity index (χ0v) is 13.1. The molecule has 112 valence electrons. The molecule has 1 fully saturated rings. The highest BCUT2D eigenvalue weighted by Gasteiger charge is 2.22. The van der Waals surface area contributed by atoms with Crippen molar-refractivity contribution in [3.63, 3.8) is 0 Å². The lowest BCUT2D eigenvalue weighted by Crippen LogP contribution is -2.34. The quantitative estimate of drug-likeness (QED) is 0.837. The van der Waals surface area contributed by atoms with Crippen LogP contribution in [-0.2, 0) is 0 Å². The Morgan fingerprint density at radius 3 is 2.75 bits per heavy atom. The standard InChI is InChI=1S/C15H27N5/c1-5-20-8-6-7-12(20)10-17-14-9-13(16-4)18-15(19-14)11(2)3/h9,11-12H,5-8,10H2,1-4H3,(H2,16,17,18,19). The zero-order valence-electron chi connectivity index (χ0n) is 13.1. The van der Waals surface area contributed by atoms with Gasteiger partial charge in [0.1, 0.15) is 17.5 Å². The van der Waals surface area contributed by atoms with E-state index in [-0.39, 0.29) is 0 Å². The molecule has 0 saturated carbocycles. The molecule has 1 aliphatic heterocycles. The number of aromatic nitrogens is 2. The van der Waals surface area contributed by atoms with Crippen LogP contribution in [0.1, 0.15) is 45.4 Å². The smallest absolute Gasteiger partial charge is 0.135 e. The predicted octanol–water partition coefficient (Wildman–Crippen LogP) is 2.54. The van der Waals surface area contributed by atoms with Gasteiger partial charge in [-0.3, -0.25) is 4.90 Å². The van der Waals surface area contributed by atoms with Gasteiger partial charge in [0.2, 0.25) is 0 Å². The molecule has 1 aliphatic rings. The average molecular weight is 277 g/mol. The molecule has 1 saturated heterocycles. The molecule has 0 spiro atoms. The molecule has 5 heteroatoms. The highest BCUT2D eigenvalue weighted by Crippen LogP contribution is 2.19. The molecular weight excluding hydrogens is 250 g/mol. The van der Waals surface area contributed by atoms with Crippen molar-refractivity contribution in [3.8, 4) is 0 Å². The van der Waals surface area contributed by atoms with Crippen molar-refractivity contribution in [2.24, 2.45) is 0 Å². The summed E-state index contributed by atoms with van der Waals surface area (Å²) in [5.41, 5.74) is 0. The van der Waals surface area contributed by atoms with Gasteiger partial charge in [0.25, 0.3) is 0 Å². The van der Waals surface area contributed by atoms with Crippen molar-refractivity contribution >= 4 is 11.6 Å². The van der Waals surface area contributed by atoms with Gasteiger partial charge in [-0.1, -0.05) is 20.8 Å². The molecule has 2 rings (SSSR count). The first kappa shape index (κ1) is 15.0. The van der Waals surface area contributed by atoms with Gasteiger partial charge in [-0.05, 0) is 25.9 Å². The fourth-order valence-electron chi connectivity index (χ4n) is 2.71. The van der Waals surface area contributed by atoms with E-state index in [0.29, 0.717) is 12.0 Å². The van der Waals surface area contributed by atoms with Crippen molar-refractivity contribution in [1.29, 1.82) is 0 Å². The monoisotopic (exact) mass is 277 g/mol. The van der Waals surface area contributed by atoms with Gasteiger partial charge in [-0.15, -0.1) is 0 Å². The van der Waals surface area contributed by atoms with Crippen LogP contribution in [0.15, 0.2) is 6.07 Å². The summed E-state index contributed by atoms with van der Waals surface area (Å²) in [6.45, 7) is 9.80. The number of likely N-dealkylation sites (tertiary alicyclic amines) is 1. The van der Waals surface area contributed by atoms with Crippen LogP contribution in [-0.4, -0.2) is 47.6 Å². The van der Waals surface area contributed by atoms with Crippen LogP contribution in [0.2, 0.25) is 0 Å². The lowest BCUT2D eigenvalue weighted by Gasteiger charge is -2.23. The number of nitrogens with one attached hydrogen (secondary N) is 2. The third-order valence-corrected chi connectivity index (χ3v) is 3.94. The van der Waals surface area contributed by atoms with Crippen LogP contribution in [0.25, 0.3) is 0 Å². The van der Waals surface area contributed by atoms with Crippen molar-refractivity contribution in [2.45, 2.75) is 45.6 Å². The summed E-state index contributed by atoms with van der Waals surface area (Å²) in [6.07, 6.45) is 2.59. The molecule has 1 aromatic rings. The van der Waals surface area contributed by atoms with Crippen molar-refractivity contribution in [3.05, 3.63) is 11.9 Å². The van der Waals surface area contributed by atoms with E-state index >= 15 is 0 Å². The maximum atomic E-state index is 4.61. The predicted molar refractivity (Wildman–Crippen MR) is 84.4 cm³/mol. The number of hydrogen-bond acceptors (Lipinski definition) is 5. The SMILES string of the molecule is CCN1CCCC1CNc1cc(NC)nc(C(C)C)n1. The van der Waals surface area contributed by atoms with E-state index < -0.39 is 0 Å². The Hall–Kier alpha value is -1.36. The molecule has 2 N–H and O–H groups in total. The van der Waals surface area contributed by atoms with Crippen LogP contribution >= 0.6 is 0 Å². The summed E-state index contributed by atoms with van der Waals surface area (Å²) in [5, 5.41) is 6.60. The number of rotatable bonds is 6.